The monoisotopic (exact) mass is 341 g/mol. The highest BCUT2D eigenvalue weighted by atomic mass is 35.5. The second-order valence-corrected chi connectivity index (χ2v) is 5.39. The second-order valence-electron chi connectivity index (χ2n) is 4.57. The summed E-state index contributed by atoms with van der Waals surface area (Å²) in [7, 11) is 0. The van der Waals surface area contributed by atoms with Gasteiger partial charge in [-0.25, -0.2) is 9.67 Å². The van der Waals surface area contributed by atoms with E-state index in [9.17, 15) is 4.79 Å². The lowest BCUT2D eigenvalue weighted by Crippen LogP contribution is -2.32. The molecule has 0 unspecified atom stereocenters. The van der Waals surface area contributed by atoms with E-state index in [0.717, 1.165) is 6.54 Å². The van der Waals surface area contributed by atoms with Crippen molar-refractivity contribution >= 4 is 29.1 Å². The Hall–Kier alpha value is -1.63. The van der Waals surface area contributed by atoms with Gasteiger partial charge in [-0.15, -0.1) is 5.10 Å². The van der Waals surface area contributed by atoms with Gasteiger partial charge in [-0.1, -0.05) is 36.2 Å². The average Bonchev–Trinajstić information content (AvgIpc) is 2.85. The molecule has 0 aliphatic carbocycles. The van der Waals surface area contributed by atoms with Gasteiger partial charge in [0.1, 0.15) is 11.5 Å². The lowest BCUT2D eigenvalue weighted by atomic mass is 10.3. The van der Waals surface area contributed by atoms with E-state index in [1.165, 1.54) is 4.68 Å². The molecule has 0 spiro atoms. The summed E-state index contributed by atoms with van der Waals surface area (Å²) < 4.78 is 1.48. The first-order valence-electron chi connectivity index (χ1n) is 6.91. The Labute approximate surface area is 138 Å². The highest BCUT2D eigenvalue weighted by Gasteiger charge is 2.17. The standard InChI is InChI=1S/C14H17Cl2N5O/c1-3-17-7-8-18-14(22)13-19-9(2)21(20-13)12-10(15)5-4-6-11(12)16/h4-6,17H,3,7-8H2,1-2H3,(H,18,22). The molecule has 0 saturated heterocycles. The van der Waals surface area contributed by atoms with E-state index in [1.54, 1.807) is 25.1 Å². The van der Waals surface area contributed by atoms with Crippen molar-refractivity contribution in [3.8, 4) is 5.69 Å². The summed E-state index contributed by atoms with van der Waals surface area (Å²) in [5.74, 6) is 0.291. The van der Waals surface area contributed by atoms with Gasteiger partial charge in [-0.3, -0.25) is 4.79 Å². The van der Waals surface area contributed by atoms with Crippen molar-refractivity contribution in [2.75, 3.05) is 19.6 Å². The maximum Gasteiger partial charge on any atom is 0.291 e. The number of para-hydroxylation sites is 1. The molecule has 0 radical (unpaired) electrons. The number of carbonyl (C=O) groups is 1. The van der Waals surface area contributed by atoms with E-state index in [-0.39, 0.29) is 11.7 Å². The molecule has 6 nitrogen and oxygen atoms in total. The van der Waals surface area contributed by atoms with Gasteiger partial charge in [0.2, 0.25) is 5.82 Å². The number of nitrogens with one attached hydrogen (secondary N) is 2. The van der Waals surface area contributed by atoms with Crippen molar-refractivity contribution in [3.63, 3.8) is 0 Å². The number of nitrogens with zero attached hydrogens (tertiary/aromatic N) is 3. The van der Waals surface area contributed by atoms with Crippen molar-refractivity contribution in [2.24, 2.45) is 0 Å². The molecule has 1 aromatic heterocycles. The number of amides is 1. The molecule has 22 heavy (non-hydrogen) atoms. The minimum atomic E-state index is -0.331. The zero-order valence-corrected chi connectivity index (χ0v) is 13.9. The van der Waals surface area contributed by atoms with E-state index in [1.807, 2.05) is 6.92 Å². The van der Waals surface area contributed by atoms with Gasteiger partial charge in [0.25, 0.3) is 5.91 Å². The van der Waals surface area contributed by atoms with Crippen molar-refractivity contribution < 1.29 is 4.79 Å². The van der Waals surface area contributed by atoms with Crippen molar-refractivity contribution in [1.29, 1.82) is 0 Å². The molecular formula is C14H17Cl2N5O. The van der Waals surface area contributed by atoms with Crippen LogP contribution in [0.15, 0.2) is 18.2 Å². The van der Waals surface area contributed by atoms with Crippen molar-refractivity contribution in [3.05, 3.63) is 39.9 Å². The number of hydrogen-bond acceptors (Lipinski definition) is 4. The van der Waals surface area contributed by atoms with Crippen LogP contribution in [0.3, 0.4) is 0 Å². The first-order valence-corrected chi connectivity index (χ1v) is 7.67. The maximum absolute atomic E-state index is 12.0. The quantitative estimate of drug-likeness (QED) is 0.790. The molecule has 0 atom stereocenters. The number of rotatable bonds is 6. The summed E-state index contributed by atoms with van der Waals surface area (Å²) in [5.41, 5.74) is 0.516. The molecule has 0 bridgehead atoms. The van der Waals surface area contributed by atoms with Crippen LogP contribution < -0.4 is 10.6 Å². The normalized spacial score (nSPS) is 10.7. The molecule has 2 N–H and O–H groups in total. The summed E-state index contributed by atoms with van der Waals surface area (Å²) in [6.07, 6.45) is 0. The molecular weight excluding hydrogens is 325 g/mol. The lowest BCUT2D eigenvalue weighted by Gasteiger charge is -2.07. The fourth-order valence-electron chi connectivity index (χ4n) is 1.91. The highest BCUT2D eigenvalue weighted by Crippen LogP contribution is 2.28. The number of carbonyl (C=O) groups excluding carboxylic acids is 1. The zero-order chi connectivity index (χ0) is 16.1. The molecule has 1 heterocycles. The van der Waals surface area contributed by atoms with Crippen molar-refractivity contribution in [1.82, 2.24) is 25.4 Å². The van der Waals surface area contributed by atoms with E-state index < -0.39 is 0 Å². The van der Waals surface area contributed by atoms with Crippen LogP contribution in [0.1, 0.15) is 23.4 Å². The summed E-state index contributed by atoms with van der Waals surface area (Å²) >= 11 is 12.3. The van der Waals surface area contributed by atoms with Gasteiger partial charge in [0.05, 0.1) is 10.0 Å². The number of aryl methyl sites for hydroxylation is 1. The molecule has 0 aliphatic heterocycles. The third-order valence-corrected chi connectivity index (χ3v) is 3.57. The predicted octanol–water partition coefficient (Wildman–Crippen LogP) is 2.22. The number of likely N-dealkylation sites (N-methyl/N-ethyl adjacent to an activating group) is 1. The summed E-state index contributed by atoms with van der Waals surface area (Å²) in [6.45, 7) is 5.79. The van der Waals surface area contributed by atoms with Crippen LogP contribution in [0.4, 0.5) is 0 Å². The third-order valence-electron chi connectivity index (χ3n) is 2.96. The van der Waals surface area contributed by atoms with Gasteiger partial charge < -0.3 is 10.6 Å². The largest absolute Gasteiger partial charge is 0.348 e. The van der Waals surface area contributed by atoms with E-state index in [4.69, 9.17) is 23.2 Å². The van der Waals surface area contributed by atoms with E-state index >= 15 is 0 Å². The Morgan fingerprint density at radius 2 is 1.95 bits per heavy atom. The van der Waals surface area contributed by atoms with Crippen LogP contribution in [0.5, 0.6) is 0 Å². The molecule has 2 aromatic rings. The highest BCUT2D eigenvalue weighted by molar-refractivity contribution is 6.37. The van der Waals surface area contributed by atoms with Crippen molar-refractivity contribution in [2.45, 2.75) is 13.8 Å². The molecule has 2 rings (SSSR count). The topological polar surface area (TPSA) is 71.8 Å². The minimum absolute atomic E-state index is 0.0879. The van der Waals surface area contributed by atoms with Crippen LogP contribution in [-0.2, 0) is 0 Å². The molecule has 0 aliphatic rings. The fraction of sp³-hybridized carbons (Fsp3) is 0.357. The Bertz CT molecular complexity index is 651. The Morgan fingerprint density at radius 3 is 2.59 bits per heavy atom. The fourth-order valence-corrected chi connectivity index (χ4v) is 2.47. The summed E-state index contributed by atoms with van der Waals surface area (Å²) in [4.78, 5) is 16.2. The minimum Gasteiger partial charge on any atom is -0.348 e. The average molecular weight is 342 g/mol. The van der Waals surface area contributed by atoms with E-state index in [0.29, 0.717) is 34.6 Å². The Morgan fingerprint density at radius 1 is 1.27 bits per heavy atom. The zero-order valence-electron chi connectivity index (χ0n) is 12.4. The first-order chi connectivity index (χ1) is 10.5. The molecule has 1 amide bonds. The third kappa shape index (κ3) is 3.76. The molecule has 1 aromatic carbocycles. The maximum atomic E-state index is 12.0. The van der Waals surface area contributed by atoms with Crippen LogP contribution in [0, 0.1) is 6.92 Å². The summed E-state index contributed by atoms with van der Waals surface area (Å²) in [6, 6.07) is 5.16. The predicted molar refractivity (Wildman–Crippen MR) is 87.0 cm³/mol. The lowest BCUT2D eigenvalue weighted by molar-refractivity contribution is 0.0943. The number of halogens is 2. The molecule has 0 fully saturated rings. The van der Waals surface area contributed by atoms with Gasteiger partial charge >= 0.3 is 0 Å². The van der Waals surface area contributed by atoms with Crippen LogP contribution in [0.25, 0.3) is 5.69 Å². The SMILES string of the molecule is CCNCCNC(=O)c1nc(C)n(-c2c(Cl)cccc2Cl)n1. The number of benzene rings is 1. The van der Waals surface area contributed by atoms with Gasteiger partial charge in [0, 0.05) is 13.1 Å². The van der Waals surface area contributed by atoms with Crippen LogP contribution >= 0.6 is 23.2 Å². The molecule has 8 heteroatoms. The Balaban J connectivity index is 2.20. The van der Waals surface area contributed by atoms with Crippen LogP contribution in [-0.4, -0.2) is 40.3 Å². The number of aromatic nitrogens is 3. The Kier molecular flexibility index (Phi) is 5.76. The smallest absolute Gasteiger partial charge is 0.291 e. The number of hydrogen-bond donors (Lipinski definition) is 2. The molecule has 118 valence electrons. The second kappa shape index (κ2) is 7.58. The molecule has 0 saturated carbocycles. The van der Waals surface area contributed by atoms with Gasteiger partial charge in [0.15, 0.2) is 0 Å². The van der Waals surface area contributed by atoms with Crippen LogP contribution in [0.2, 0.25) is 10.0 Å². The summed E-state index contributed by atoms with van der Waals surface area (Å²) in [5, 5.41) is 11.0. The van der Waals surface area contributed by atoms with Gasteiger partial charge in [-0.05, 0) is 25.6 Å². The van der Waals surface area contributed by atoms with Gasteiger partial charge in [-0.2, -0.15) is 0 Å². The van der Waals surface area contributed by atoms with E-state index in [2.05, 4.69) is 20.7 Å². The first kappa shape index (κ1) is 16.7.